The molecule has 1 amide bonds. The van der Waals surface area contributed by atoms with Gasteiger partial charge in [0.05, 0.1) is 11.8 Å². The first-order chi connectivity index (χ1) is 11.1. The van der Waals surface area contributed by atoms with Crippen LogP contribution in [0.4, 0.5) is 0 Å². The van der Waals surface area contributed by atoms with Crippen LogP contribution in [-0.4, -0.2) is 22.0 Å². The topological polar surface area (TPSA) is 75.4 Å². The summed E-state index contributed by atoms with van der Waals surface area (Å²) in [6.45, 7) is 1.85. The highest BCUT2D eigenvalue weighted by Gasteiger charge is 2.18. The Kier molecular flexibility index (Phi) is 4.39. The molecule has 2 aromatic heterocycles. The van der Waals surface area contributed by atoms with Gasteiger partial charge in [0.25, 0.3) is 5.91 Å². The number of hydrogen-bond donors (Lipinski definition) is 2. The summed E-state index contributed by atoms with van der Waals surface area (Å²) in [6, 6.07) is 12.4. The molecule has 2 atom stereocenters. The Morgan fingerprint density at radius 3 is 2.91 bits per heavy atom. The summed E-state index contributed by atoms with van der Waals surface area (Å²) in [7, 11) is 0. The Hall–Kier alpha value is -2.66. The largest absolute Gasteiger partial charge is 0.467 e. The van der Waals surface area contributed by atoms with E-state index in [1.165, 1.54) is 6.26 Å². The number of hydrogen-bond acceptors (Lipinski definition) is 4. The minimum absolute atomic E-state index is 0.178. The fourth-order valence-corrected chi connectivity index (χ4v) is 2.59. The molecule has 0 radical (unpaired) electrons. The number of aliphatic hydroxyl groups is 1. The molecule has 2 N–H and O–H groups in total. The molecule has 0 aliphatic carbocycles. The Bertz CT molecular complexity index is 794. The highest BCUT2D eigenvalue weighted by Crippen LogP contribution is 2.20. The van der Waals surface area contributed by atoms with E-state index < -0.39 is 6.10 Å². The van der Waals surface area contributed by atoms with Crippen LogP contribution in [0.15, 0.2) is 59.3 Å². The zero-order valence-electron chi connectivity index (χ0n) is 12.8. The molecule has 2 heterocycles. The van der Waals surface area contributed by atoms with E-state index in [0.29, 0.717) is 17.7 Å². The second-order valence-corrected chi connectivity index (χ2v) is 5.52. The summed E-state index contributed by atoms with van der Waals surface area (Å²) in [5.74, 6) is 0.322. The predicted molar refractivity (Wildman–Crippen MR) is 87.0 cm³/mol. The van der Waals surface area contributed by atoms with E-state index in [-0.39, 0.29) is 11.9 Å². The SMILES string of the molecule is CC(CC(O)c1ccco1)NC(=O)c1cccc2ncccc12. The van der Waals surface area contributed by atoms with Crippen LogP contribution in [0.5, 0.6) is 0 Å². The maximum absolute atomic E-state index is 12.5. The van der Waals surface area contributed by atoms with E-state index >= 15 is 0 Å². The van der Waals surface area contributed by atoms with Crippen molar-refractivity contribution in [3.63, 3.8) is 0 Å². The van der Waals surface area contributed by atoms with Crippen molar-refractivity contribution < 1.29 is 14.3 Å². The average Bonchev–Trinajstić information content (AvgIpc) is 3.08. The highest BCUT2D eigenvalue weighted by molar-refractivity contribution is 6.06. The second kappa shape index (κ2) is 6.62. The number of nitrogens with one attached hydrogen (secondary N) is 1. The number of carbonyl (C=O) groups is 1. The average molecular weight is 310 g/mol. The van der Waals surface area contributed by atoms with Gasteiger partial charge in [-0.05, 0) is 37.3 Å². The van der Waals surface area contributed by atoms with E-state index in [2.05, 4.69) is 10.3 Å². The predicted octanol–water partition coefficient (Wildman–Crippen LogP) is 3.07. The van der Waals surface area contributed by atoms with E-state index in [1.807, 2.05) is 31.2 Å². The molecule has 23 heavy (non-hydrogen) atoms. The standard InChI is InChI=1S/C18H18N2O3/c1-12(11-16(21)17-8-4-10-23-17)20-18(22)14-5-2-7-15-13(14)6-3-9-19-15/h2-10,12,16,21H,11H2,1H3,(H,20,22). The lowest BCUT2D eigenvalue weighted by Gasteiger charge is -2.17. The number of rotatable bonds is 5. The fourth-order valence-electron chi connectivity index (χ4n) is 2.59. The third kappa shape index (κ3) is 3.40. The van der Waals surface area contributed by atoms with Crippen LogP contribution in [0, 0.1) is 0 Å². The van der Waals surface area contributed by atoms with Gasteiger partial charge < -0.3 is 14.8 Å². The quantitative estimate of drug-likeness (QED) is 0.759. The smallest absolute Gasteiger partial charge is 0.252 e. The van der Waals surface area contributed by atoms with Crippen molar-refractivity contribution in [2.24, 2.45) is 0 Å². The molecule has 2 unspecified atom stereocenters. The number of fused-ring (bicyclic) bond motifs is 1. The van der Waals surface area contributed by atoms with Crippen molar-refractivity contribution >= 4 is 16.8 Å². The molecule has 0 bridgehead atoms. The Morgan fingerprint density at radius 1 is 1.26 bits per heavy atom. The van der Waals surface area contributed by atoms with Gasteiger partial charge in [0.2, 0.25) is 0 Å². The van der Waals surface area contributed by atoms with Crippen molar-refractivity contribution in [2.75, 3.05) is 0 Å². The molecule has 0 aliphatic rings. The van der Waals surface area contributed by atoms with Gasteiger partial charge in [-0.2, -0.15) is 0 Å². The molecule has 5 nitrogen and oxygen atoms in total. The Balaban J connectivity index is 1.70. The van der Waals surface area contributed by atoms with Gasteiger partial charge in [0, 0.05) is 29.6 Å². The van der Waals surface area contributed by atoms with Crippen LogP contribution in [-0.2, 0) is 0 Å². The highest BCUT2D eigenvalue weighted by atomic mass is 16.4. The zero-order valence-corrected chi connectivity index (χ0v) is 12.8. The molecule has 3 rings (SSSR count). The van der Waals surface area contributed by atoms with Crippen LogP contribution in [0.25, 0.3) is 10.9 Å². The van der Waals surface area contributed by atoms with Gasteiger partial charge in [-0.3, -0.25) is 9.78 Å². The molecule has 0 fully saturated rings. The number of aromatic nitrogens is 1. The van der Waals surface area contributed by atoms with Gasteiger partial charge in [0.15, 0.2) is 0 Å². The summed E-state index contributed by atoms with van der Waals surface area (Å²) in [6.07, 6.45) is 2.86. The number of aliphatic hydroxyl groups excluding tert-OH is 1. The number of furan rings is 1. The molecular weight excluding hydrogens is 292 g/mol. The van der Waals surface area contributed by atoms with Gasteiger partial charge >= 0.3 is 0 Å². The molecule has 0 aliphatic heterocycles. The van der Waals surface area contributed by atoms with E-state index in [9.17, 15) is 9.90 Å². The minimum Gasteiger partial charge on any atom is -0.467 e. The normalized spacial score (nSPS) is 13.7. The third-order valence-electron chi connectivity index (χ3n) is 3.72. The van der Waals surface area contributed by atoms with Crippen LogP contribution in [0.1, 0.15) is 35.6 Å². The lowest BCUT2D eigenvalue weighted by molar-refractivity contribution is 0.0904. The fraction of sp³-hybridized carbons (Fsp3) is 0.222. The molecule has 3 aromatic rings. The summed E-state index contributed by atoms with van der Waals surface area (Å²) in [4.78, 5) is 16.7. The first-order valence-corrected chi connectivity index (χ1v) is 7.51. The van der Waals surface area contributed by atoms with Crippen LogP contribution < -0.4 is 5.32 Å². The van der Waals surface area contributed by atoms with Gasteiger partial charge in [-0.15, -0.1) is 0 Å². The van der Waals surface area contributed by atoms with Crippen molar-refractivity contribution in [2.45, 2.75) is 25.5 Å². The second-order valence-electron chi connectivity index (χ2n) is 5.52. The zero-order chi connectivity index (χ0) is 16.2. The molecule has 1 aromatic carbocycles. The Morgan fingerprint density at radius 2 is 2.13 bits per heavy atom. The monoisotopic (exact) mass is 310 g/mol. The van der Waals surface area contributed by atoms with E-state index in [1.54, 1.807) is 24.4 Å². The molecule has 118 valence electrons. The van der Waals surface area contributed by atoms with Crippen LogP contribution in [0.3, 0.4) is 0 Å². The summed E-state index contributed by atoms with van der Waals surface area (Å²) in [5.41, 5.74) is 1.36. The Labute approximate surface area is 134 Å². The van der Waals surface area contributed by atoms with E-state index in [4.69, 9.17) is 4.42 Å². The van der Waals surface area contributed by atoms with Crippen molar-refractivity contribution in [1.29, 1.82) is 0 Å². The molecular formula is C18H18N2O3. The number of pyridine rings is 1. The van der Waals surface area contributed by atoms with Crippen molar-refractivity contribution in [3.05, 3.63) is 66.2 Å². The van der Waals surface area contributed by atoms with Crippen molar-refractivity contribution in [3.8, 4) is 0 Å². The first kappa shape index (κ1) is 15.2. The van der Waals surface area contributed by atoms with Crippen LogP contribution in [0.2, 0.25) is 0 Å². The summed E-state index contributed by atoms with van der Waals surface area (Å²) in [5, 5.41) is 13.8. The number of carbonyl (C=O) groups excluding carboxylic acids is 1. The third-order valence-corrected chi connectivity index (χ3v) is 3.72. The van der Waals surface area contributed by atoms with E-state index in [0.717, 1.165) is 10.9 Å². The van der Waals surface area contributed by atoms with Gasteiger partial charge in [0.1, 0.15) is 11.9 Å². The lowest BCUT2D eigenvalue weighted by Crippen LogP contribution is -2.33. The summed E-state index contributed by atoms with van der Waals surface area (Å²) < 4.78 is 5.17. The number of benzene rings is 1. The van der Waals surface area contributed by atoms with Crippen LogP contribution >= 0.6 is 0 Å². The maximum Gasteiger partial charge on any atom is 0.252 e. The van der Waals surface area contributed by atoms with Crippen molar-refractivity contribution in [1.82, 2.24) is 10.3 Å². The summed E-state index contributed by atoms with van der Waals surface area (Å²) >= 11 is 0. The molecule has 0 saturated carbocycles. The first-order valence-electron chi connectivity index (χ1n) is 7.51. The minimum atomic E-state index is -0.741. The number of amides is 1. The van der Waals surface area contributed by atoms with Gasteiger partial charge in [-0.1, -0.05) is 12.1 Å². The lowest BCUT2D eigenvalue weighted by atomic mass is 10.1. The maximum atomic E-state index is 12.5. The molecule has 0 saturated heterocycles. The molecule has 5 heteroatoms. The van der Waals surface area contributed by atoms with Gasteiger partial charge in [-0.25, -0.2) is 0 Å². The molecule has 0 spiro atoms. The number of nitrogens with zero attached hydrogens (tertiary/aromatic N) is 1.